The largest absolute Gasteiger partial charge is 0.443 e. The topological polar surface area (TPSA) is 44.6 Å². The summed E-state index contributed by atoms with van der Waals surface area (Å²) in [6.45, 7) is 11.9. The van der Waals surface area contributed by atoms with Gasteiger partial charge in [0.15, 0.2) is 6.21 Å². The van der Waals surface area contributed by atoms with Crippen LogP contribution in [-0.2, 0) is 6.54 Å². The third-order valence-corrected chi connectivity index (χ3v) is 4.92. The van der Waals surface area contributed by atoms with Crippen molar-refractivity contribution in [3.05, 3.63) is 47.2 Å². The van der Waals surface area contributed by atoms with Crippen molar-refractivity contribution in [2.45, 2.75) is 26.8 Å². The normalized spacial score (nSPS) is 18.9. The molecule has 2 heterocycles. The van der Waals surface area contributed by atoms with E-state index in [0.717, 1.165) is 58.2 Å². The molecule has 2 N–H and O–H groups in total. The highest BCUT2D eigenvalue weighted by Crippen LogP contribution is 2.08. The fraction of sp³-hybridized carbons (Fsp3) is 0.500. The highest BCUT2D eigenvalue weighted by atomic mass is 15.3. The summed E-state index contributed by atoms with van der Waals surface area (Å²) in [5.41, 5.74) is 3.89. The first-order valence-electron chi connectivity index (χ1n) is 9.35. The van der Waals surface area contributed by atoms with Gasteiger partial charge < -0.3 is 0 Å². The Balaban J connectivity index is 1.35. The van der Waals surface area contributed by atoms with Gasteiger partial charge in [-0.1, -0.05) is 37.3 Å². The maximum absolute atomic E-state index is 4.44. The first-order chi connectivity index (χ1) is 12.2. The molecule has 1 aromatic rings. The van der Waals surface area contributed by atoms with Gasteiger partial charge in [0.1, 0.15) is 0 Å². The summed E-state index contributed by atoms with van der Waals surface area (Å²) in [5.74, 6) is 0.880. The van der Waals surface area contributed by atoms with Crippen LogP contribution in [0.25, 0.3) is 0 Å². The number of benzene rings is 1. The summed E-state index contributed by atoms with van der Waals surface area (Å²) in [6.07, 6.45) is 2.95. The fourth-order valence-electron chi connectivity index (χ4n) is 3.32. The highest BCUT2D eigenvalue weighted by molar-refractivity contribution is 5.91. The van der Waals surface area contributed by atoms with Crippen molar-refractivity contribution in [1.29, 1.82) is 0 Å². The van der Waals surface area contributed by atoms with E-state index in [1.807, 2.05) is 6.21 Å². The average molecular weight is 340 g/mol. The minimum Gasteiger partial charge on any atom is -0.298 e. The molecule has 0 atom stereocenters. The third-order valence-electron chi connectivity index (χ3n) is 4.92. The number of allylic oxidation sites excluding steroid dienone is 2. The quantitative estimate of drug-likeness (QED) is 0.763. The van der Waals surface area contributed by atoms with Gasteiger partial charge in [-0.3, -0.25) is 15.1 Å². The van der Waals surface area contributed by atoms with Crippen molar-refractivity contribution in [1.82, 2.24) is 25.1 Å². The van der Waals surface area contributed by atoms with Crippen LogP contribution in [0.15, 0.2) is 41.6 Å². The molecular formula is C20H30N5+. The second-order valence-corrected chi connectivity index (χ2v) is 6.78. The number of rotatable bonds is 6. The van der Waals surface area contributed by atoms with Crippen LogP contribution in [0, 0.1) is 0 Å². The number of hydrogen-bond acceptors (Lipinski definition) is 4. The number of piperazine rings is 1. The Morgan fingerprint density at radius 3 is 2.52 bits per heavy atom. The monoisotopic (exact) mass is 340 g/mol. The van der Waals surface area contributed by atoms with Crippen LogP contribution in [0.3, 0.4) is 0 Å². The Labute approximate surface area is 151 Å². The molecule has 2 aliphatic heterocycles. The van der Waals surface area contributed by atoms with E-state index in [0.29, 0.717) is 0 Å². The molecule has 0 unspecified atom stereocenters. The maximum Gasteiger partial charge on any atom is 0.443 e. The summed E-state index contributed by atoms with van der Waals surface area (Å²) >= 11 is 0. The highest BCUT2D eigenvalue weighted by Gasteiger charge is 2.19. The molecule has 0 radical (unpaired) electrons. The van der Waals surface area contributed by atoms with Gasteiger partial charge in [0, 0.05) is 44.8 Å². The summed E-state index contributed by atoms with van der Waals surface area (Å²) in [5, 5.41) is 6.81. The summed E-state index contributed by atoms with van der Waals surface area (Å²) in [7, 11) is 0. The van der Waals surface area contributed by atoms with Gasteiger partial charge >= 0.3 is 5.96 Å². The van der Waals surface area contributed by atoms with Gasteiger partial charge in [0.25, 0.3) is 0 Å². The Hall–Kier alpha value is -2.07. The molecule has 0 spiro atoms. The van der Waals surface area contributed by atoms with Crippen molar-refractivity contribution in [2.75, 3.05) is 39.3 Å². The van der Waals surface area contributed by atoms with Gasteiger partial charge in [-0.05, 0) is 18.9 Å². The number of guanidine groups is 1. The smallest absolute Gasteiger partial charge is 0.298 e. The van der Waals surface area contributed by atoms with Crippen molar-refractivity contribution in [3.63, 3.8) is 0 Å². The van der Waals surface area contributed by atoms with Crippen LogP contribution < -0.4 is 15.3 Å². The Morgan fingerprint density at radius 1 is 1.08 bits per heavy atom. The van der Waals surface area contributed by atoms with Crippen molar-refractivity contribution < 1.29 is 0 Å². The van der Waals surface area contributed by atoms with E-state index in [2.05, 4.69) is 69.3 Å². The lowest BCUT2D eigenvalue weighted by Crippen LogP contribution is -2.49. The van der Waals surface area contributed by atoms with Gasteiger partial charge in [0.2, 0.25) is 0 Å². The minimum absolute atomic E-state index is 0.880. The minimum atomic E-state index is 0.880. The molecule has 5 heteroatoms. The standard InChI is InChI=1S/C20H29N5/c1-3-19-17(2)15-22-20(23-19)21-9-10-24-11-13-25(14-12-24)16-18-7-5-4-6-8-18/h4-8,15H,3,9-14,16H2,1-2H3,(H,21,22,23)/p+1. The zero-order valence-corrected chi connectivity index (χ0v) is 15.5. The molecule has 0 saturated carbocycles. The Bertz CT molecular complexity index is 650. The first kappa shape index (κ1) is 17.7. The van der Waals surface area contributed by atoms with E-state index in [4.69, 9.17) is 0 Å². The molecule has 134 valence electrons. The van der Waals surface area contributed by atoms with E-state index in [1.165, 1.54) is 16.8 Å². The predicted molar refractivity (Wildman–Crippen MR) is 105 cm³/mol. The van der Waals surface area contributed by atoms with Gasteiger partial charge in [-0.15, -0.1) is 0 Å². The van der Waals surface area contributed by atoms with Crippen LogP contribution in [0.5, 0.6) is 0 Å². The second kappa shape index (κ2) is 8.86. The number of nitrogens with one attached hydrogen (secondary N) is 2. The van der Waals surface area contributed by atoms with Crippen LogP contribution in [-0.4, -0.2) is 61.2 Å². The first-order valence-corrected chi connectivity index (χ1v) is 9.35. The zero-order valence-electron chi connectivity index (χ0n) is 15.5. The second-order valence-electron chi connectivity index (χ2n) is 6.78. The van der Waals surface area contributed by atoms with Crippen molar-refractivity contribution >= 4 is 12.2 Å². The zero-order chi connectivity index (χ0) is 17.5. The lowest BCUT2D eigenvalue weighted by Gasteiger charge is -2.34. The van der Waals surface area contributed by atoms with Crippen LogP contribution >= 0.6 is 0 Å². The van der Waals surface area contributed by atoms with E-state index in [9.17, 15) is 0 Å². The summed E-state index contributed by atoms with van der Waals surface area (Å²) < 4.78 is 4.44. The molecule has 1 fully saturated rings. The van der Waals surface area contributed by atoms with Crippen molar-refractivity contribution in [3.8, 4) is 0 Å². The van der Waals surface area contributed by atoms with Crippen LogP contribution in [0.1, 0.15) is 25.8 Å². The molecule has 1 saturated heterocycles. The molecule has 0 amide bonds. The molecule has 1 aromatic carbocycles. The SMILES string of the molecule is CCC1=C(C)C=[N+]=C(NCCN2CCN(Cc3ccccc3)CC2)N1. The molecular weight excluding hydrogens is 310 g/mol. The lowest BCUT2D eigenvalue weighted by molar-refractivity contribution is 0.129. The van der Waals surface area contributed by atoms with Crippen LogP contribution in [0.2, 0.25) is 0 Å². The Kier molecular flexibility index (Phi) is 6.29. The number of hydrogen-bond donors (Lipinski definition) is 2. The molecule has 5 nitrogen and oxygen atoms in total. The molecule has 0 aliphatic carbocycles. The van der Waals surface area contributed by atoms with E-state index in [1.54, 1.807) is 0 Å². The summed E-state index contributed by atoms with van der Waals surface area (Å²) in [6, 6.07) is 10.8. The van der Waals surface area contributed by atoms with Crippen LogP contribution in [0.4, 0.5) is 0 Å². The van der Waals surface area contributed by atoms with E-state index < -0.39 is 0 Å². The summed E-state index contributed by atoms with van der Waals surface area (Å²) in [4.78, 5) is 5.07. The van der Waals surface area contributed by atoms with Gasteiger partial charge in [-0.25, -0.2) is 9.98 Å². The maximum atomic E-state index is 4.44. The molecule has 0 bridgehead atoms. The molecule has 3 rings (SSSR count). The number of nitrogens with zero attached hydrogens (tertiary/aromatic N) is 3. The van der Waals surface area contributed by atoms with Crippen molar-refractivity contribution in [2.24, 2.45) is 0 Å². The fourth-order valence-corrected chi connectivity index (χ4v) is 3.32. The van der Waals surface area contributed by atoms with Gasteiger partial charge in [-0.2, -0.15) is 0 Å². The average Bonchev–Trinajstić information content (AvgIpc) is 2.65. The Morgan fingerprint density at radius 2 is 1.80 bits per heavy atom. The molecule has 2 aliphatic rings. The molecule has 25 heavy (non-hydrogen) atoms. The van der Waals surface area contributed by atoms with E-state index >= 15 is 0 Å². The predicted octanol–water partition coefficient (Wildman–Crippen LogP) is 1.18. The van der Waals surface area contributed by atoms with E-state index in [-0.39, 0.29) is 0 Å². The third kappa shape index (κ3) is 5.20. The van der Waals surface area contributed by atoms with Gasteiger partial charge in [0.05, 0.1) is 12.2 Å². The lowest BCUT2D eigenvalue weighted by atomic mass is 10.2. The molecule has 0 aromatic heterocycles.